The lowest BCUT2D eigenvalue weighted by Crippen LogP contribution is -2.01. The van der Waals surface area contributed by atoms with Crippen molar-refractivity contribution in [3.63, 3.8) is 0 Å². The second-order valence-electron chi connectivity index (χ2n) is 11.2. The Morgan fingerprint density at radius 3 is 1.55 bits per heavy atom. The Hall–Kier alpha value is -5.93. The van der Waals surface area contributed by atoms with Crippen LogP contribution in [0.4, 0.5) is 0 Å². The van der Waals surface area contributed by atoms with Crippen LogP contribution in [0.2, 0.25) is 0 Å². The van der Waals surface area contributed by atoms with Crippen LogP contribution < -0.4 is 0 Å². The van der Waals surface area contributed by atoms with Crippen LogP contribution in [0.1, 0.15) is 0 Å². The van der Waals surface area contributed by atoms with Gasteiger partial charge in [0, 0.05) is 22.1 Å². The van der Waals surface area contributed by atoms with Gasteiger partial charge in [-0.1, -0.05) is 152 Å². The molecule has 0 aliphatic carbocycles. The van der Waals surface area contributed by atoms with Crippen LogP contribution in [-0.4, -0.2) is 15.0 Å². The molecule has 9 aromatic rings. The fraction of sp³-hybridized carbons (Fsp3) is 0. The highest BCUT2D eigenvalue weighted by Gasteiger charge is 2.17. The van der Waals surface area contributed by atoms with Crippen LogP contribution in [0, 0.1) is 0 Å². The largest absolute Gasteiger partial charge is 0.208 e. The van der Waals surface area contributed by atoms with Gasteiger partial charge in [-0.05, 0) is 48.5 Å². The van der Waals surface area contributed by atoms with Gasteiger partial charge in [-0.3, -0.25) is 0 Å². The Kier molecular flexibility index (Phi) is 5.50. The minimum Gasteiger partial charge on any atom is -0.208 e. The van der Waals surface area contributed by atoms with Crippen LogP contribution in [-0.2, 0) is 0 Å². The second kappa shape index (κ2) is 9.82. The van der Waals surface area contributed by atoms with Crippen molar-refractivity contribution in [2.24, 2.45) is 0 Å². The summed E-state index contributed by atoms with van der Waals surface area (Å²) in [5.41, 5.74) is 2.94. The number of hydrogen-bond donors (Lipinski definition) is 0. The van der Waals surface area contributed by atoms with Crippen LogP contribution in [0.3, 0.4) is 0 Å². The highest BCUT2D eigenvalue weighted by molar-refractivity contribution is 6.20. The third kappa shape index (κ3) is 3.87. The van der Waals surface area contributed by atoms with Crippen molar-refractivity contribution in [1.82, 2.24) is 15.0 Å². The molecule has 0 bridgehead atoms. The van der Waals surface area contributed by atoms with Gasteiger partial charge >= 0.3 is 0 Å². The van der Waals surface area contributed by atoms with Gasteiger partial charge in [0.05, 0.1) is 0 Å². The predicted octanol–water partition coefficient (Wildman–Crippen LogP) is 10.6. The summed E-state index contributed by atoms with van der Waals surface area (Å²) in [6.45, 7) is 0. The third-order valence-corrected chi connectivity index (χ3v) is 8.70. The van der Waals surface area contributed by atoms with Crippen molar-refractivity contribution in [1.29, 1.82) is 0 Å². The van der Waals surface area contributed by atoms with E-state index in [4.69, 9.17) is 15.0 Å². The van der Waals surface area contributed by atoms with Crippen molar-refractivity contribution in [2.75, 3.05) is 0 Å². The highest BCUT2D eigenvalue weighted by Crippen LogP contribution is 2.38. The Labute approximate surface area is 254 Å². The summed E-state index contributed by atoms with van der Waals surface area (Å²) in [5.74, 6) is 1.99. The molecule has 9 rings (SSSR count). The van der Waals surface area contributed by atoms with E-state index >= 15 is 0 Å². The molecule has 0 radical (unpaired) electrons. The van der Waals surface area contributed by atoms with E-state index in [0.29, 0.717) is 17.5 Å². The number of fused-ring (bicyclic) bond motifs is 8. The summed E-state index contributed by atoms with van der Waals surface area (Å²) in [6, 6.07) is 53.4. The van der Waals surface area contributed by atoms with E-state index < -0.39 is 0 Å². The lowest BCUT2D eigenvalue weighted by atomic mass is 9.94. The van der Waals surface area contributed by atoms with Gasteiger partial charge < -0.3 is 0 Å². The summed E-state index contributed by atoms with van der Waals surface area (Å²) in [4.78, 5) is 15.4. The van der Waals surface area contributed by atoms with Crippen molar-refractivity contribution in [3.8, 4) is 34.2 Å². The number of hydrogen-bond acceptors (Lipinski definition) is 3. The van der Waals surface area contributed by atoms with E-state index in [1.54, 1.807) is 0 Å². The molecule has 1 aromatic heterocycles. The molecular formula is C41H25N3. The maximum Gasteiger partial charge on any atom is 0.164 e. The minimum absolute atomic E-state index is 0.658. The average molecular weight is 560 g/mol. The van der Waals surface area contributed by atoms with Crippen LogP contribution in [0.15, 0.2) is 152 Å². The van der Waals surface area contributed by atoms with Crippen molar-refractivity contribution >= 4 is 53.9 Å². The van der Waals surface area contributed by atoms with Crippen LogP contribution in [0.5, 0.6) is 0 Å². The number of benzene rings is 8. The molecule has 0 unspecified atom stereocenters. The van der Waals surface area contributed by atoms with Crippen molar-refractivity contribution < 1.29 is 0 Å². The molecule has 0 aliphatic rings. The first-order valence-corrected chi connectivity index (χ1v) is 14.9. The van der Waals surface area contributed by atoms with E-state index in [1.165, 1.54) is 37.7 Å². The van der Waals surface area contributed by atoms with Gasteiger partial charge in [0.1, 0.15) is 0 Å². The Balaban J connectivity index is 1.35. The molecule has 44 heavy (non-hydrogen) atoms. The standard InChI is InChI=1S/C41H25N3/c1-2-12-29(13-3-1)39-42-40(36-18-9-17-32-30-15-6-4-10-26(30)20-23-34(32)36)44-41(43-39)37-19-8-14-28-22-24-33-31-16-7-5-11-27(31)21-25-35(33)38(28)37/h1-25H. The minimum atomic E-state index is 0.658. The molecule has 3 nitrogen and oxygen atoms in total. The number of aromatic nitrogens is 3. The molecule has 0 N–H and O–H groups in total. The molecule has 0 amide bonds. The van der Waals surface area contributed by atoms with Gasteiger partial charge in [-0.15, -0.1) is 0 Å². The van der Waals surface area contributed by atoms with Gasteiger partial charge in [0.15, 0.2) is 17.5 Å². The average Bonchev–Trinajstić information content (AvgIpc) is 3.11. The predicted molar refractivity (Wildman–Crippen MR) is 184 cm³/mol. The third-order valence-electron chi connectivity index (χ3n) is 8.70. The van der Waals surface area contributed by atoms with E-state index in [2.05, 4.69) is 133 Å². The summed E-state index contributed by atoms with van der Waals surface area (Å²) in [5, 5.41) is 11.9. The maximum absolute atomic E-state index is 5.23. The van der Waals surface area contributed by atoms with E-state index in [9.17, 15) is 0 Å². The van der Waals surface area contributed by atoms with Crippen molar-refractivity contribution in [2.45, 2.75) is 0 Å². The molecule has 204 valence electrons. The van der Waals surface area contributed by atoms with Gasteiger partial charge in [0.25, 0.3) is 0 Å². The Morgan fingerprint density at radius 2 is 0.773 bits per heavy atom. The monoisotopic (exact) mass is 559 g/mol. The topological polar surface area (TPSA) is 38.7 Å². The Morgan fingerprint density at radius 1 is 0.273 bits per heavy atom. The van der Waals surface area contributed by atoms with Crippen LogP contribution >= 0.6 is 0 Å². The summed E-state index contributed by atoms with van der Waals surface area (Å²) in [7, 11) is 0. The van der Waals surface area contributed by atoms with E-state index in [-0.39, 0.29) is 0 Å². The molecule has 0 spiro atoms. The zero-order valence-electron chi connectivity index (χ0n) is 23.8. The SMILES string of the molecule is c1ccc(-c2nc(-c3cccc4c3ccc3ccccc34)nc(-c3cccc4ccc5c6ccccc6ccc5c34)n2)cc1. The highest BCUT2D eigenvalue weighted by atomic mass is 15.0. The molecule has 3 heteroatoms. The molecule has 0 saturated carbocycles. The lowest BCUT2D eigenvalue weighted by Gasteiger charge is -2.14. The fourth-order valence-electron chi connectivity index (χ4n) is 6.63. The maximum atomic E-state index is 5.23. The molecule has 0 fully saturated rings. The Bertz CT molecular complexity index is 2550. The number of nitrogens with zero attached hydrogens (tertiary/aromatic N) is 3. The lowest BCUT2D eigenvalue weighted by molar-refractivity contribution is 1.08. The second-order valence-corrected chi connectivity index (χ2v) is 11.2. The summed E-state index contributed by atoms with van der Waals surface area (Å²) in [6.07, 6.45) is 0. The molecular weight excluding hydrogens is 534 g/mol. The molecule has 8 aromatic carbocycles. The molecule has 0 aliphatic heterocycles. The van der Waals surface area contributed by atoms with E-state index in [0.717, 1.165) is 32.8 Å². The van der Waals surface area contributed by atoms with Crippen LogP contribution in [0.25, 0.3) is 88.0 Å². The first-order chi connectivity index (χ1) is 21.8. The number of rotatable bonds is 3. The zero-order valence-corrected chi connectivity index (χ0v) is 23.8. The first kappa shape index (κ1) is 24.6. The first-order valence-electron chi connectivity index (χ1n) is 14.9. The fourth-order valence-corrected chi connectivity index (χ4v) is 6.63. The quantitative estimate of drug-likeness (QED) is 0.202. The molecule has 0 atom stereocenters. The molecule has 1 heterocycles. The van der Waals surface area contributed by atoms with Gasteiger partial charge in [-0.25, -0.2) is 15.0 Å². The summed E-state index contributed by atoms with van der Waals surface area (Å²) >= 11 is 0. The molecule has 0 saturated heterocycles. The normalized spacial score (nSPS) is 11.6. The summed E-state index contributed by atoms with van der Waals surface area (Å²) < 4.78 is 0. The van der Waals surface area contributed by atoms with Gasteiger partial charge in [-0.2, -0.15) is 0 Å². The van der Waals surface area contributed by atoms with Crippen molar-refractivity contribution in [3.05, 3.63) is 152 Å². The van der Waals surface area contributed by atoms with E-state index in [1.807, 2.05) is 18.2 Å². The zero-order chi connectivity index (χ0) is 29.0. The van der Waals surface area contributed by atoms with Gasteiger partial charge in [0.2, 0.25) is 0 Å². The smallest absolute Gasteiger partial charge is 0.164 e.